The van der Waals surface area contributed by atoms with E-state index in [9.17, 15) is 0 Å². The lowest BCUT2D eigenvalue weighted by molar-refractivity contribution is 0.286. The van der Waals surface area contributed by atoms with Gasteiger partial charge in [-0.15, -0.1) is 32.8 Å². The molecular weight excluding hydrogens is 697 g/mol. The van der Waals surface area contributed by atoms with Crippen molar-refractivity contribution in [2.75, 3.05) is 12.4 Å². The third-order valence-electron chi connectivity index (χ3n) is 6.30. The molecule has 0 aliphatic rings. The first-order valence-electron chi connectivity index (χ1n) is 13.3. The van der Waals surface area contributed by atoms with Crippen molar-refractivity contribution in [3.05, 3.63) is 111 Å². The van der Waals surface area contributed by atoms with Crippen LogP contribution in [0.15, 0.2) is 94.0 Å². The first-order valence-corrected chi connectivity index (χ1v) is 14.4. The maximum absolute atomic E-state index is 5.69. The molecule has 0 unspecified atom stereocenters. The molecule has 4 heterocycles. The SMILES string of the molecule is CNc1ccc(OCc2c(-c3ccccc3)noc2C)nn1.Cc1onc(-c2ccccc2)c1COc1ccc(I)nn1.Cl. The Balaban J connectivity index is 0.000000197. The van der Waals surface area contributed by atoms with Gasteiger partial charge in [-0.3, -0.25) is 0 Å². The van der Waals surface area contributed by atoms with Gasteiger partial charge in [0.1, 0.15) is 45.6 Å². The van der Waals surface area contributed by atoms with Crippen LogP contribution in [0.1, 0.15) is 22.6 Å². The van der Waals surface area contributed by atoms with Crippen LogP contribution in [0.2, 0.25) is 0 Å². The Morgan fingerprint density at radius 1 is 0.636 bits per heavy atom. The van der Waals surface area contributed by atoms with E-state index >= 15 is 0 Å². The second kappa shape index (κ2) is 15.8. The predicted octanol–water partition coefficient (Wildman–Crippen LogP) is 7.11. The van der Waals surface area contributed by atoms with Crippen LogP contribution in [0.25, 0.3) is 22.5 Å². The van der Waals surface area contributed by atoms with Gasteiger partial charge in [-0.2, -0.15) is 0 Å². The number of ether oxygens (including phenoxy) is 2. The first-order chi connectivity index (χ1) is 21.0. The molecule has 0 saturated carbocycles. The number of anilines is 1. The maximum Gasteiger partial charge on any atom is 0.233 e. The number of aryl methyl sites for hydroxylation is 2. The van der Waals surface area contributed by atoms with E-state index in [0.717, 1.165) is 48.9 Å². The average Bonchev–Trinajstić information content (AvgIpc) is 3.62. The number of nitrogens with zero attached hydrogens (tertiary/aromatic N) is 6. The van der Waals surface area contributed by atoms with Crippen molar-refractivity contribution in [2.45, 2.75) is 27.1 Å². The highest BCUT2D eigenvalue weighted by Gasteiger charge is 2.16. The minimum absolute atomic E-state index is 0. The summed E-state index contributed by atoms with van der Waals surface area (Å²) in [7, 11) is 1.79. The second-order valence-corrected chi connectivity index (χ2v) is 10.2. The van der Waals surface area contributed by atoms with Crippen molar-refractivity contribution in [1.82, 2.24) is 30.7 Å². The molecule has 0 spiro atoms. The fraction of sp³-hybridized carbons (Fsp3) is 0.161. The van der Waals surface area contributed by atoms with E-state index in [2.05, 4.69) is 58.6 Å². The molecule has 226 valence electrons. The standard InChI is InChI=1S/C16H16N4O2.C15H12IN3O2.ClH/c1-11-13(10-21-15-9-8-14(17-2)18-19-15)16(20-22-11)12-6-4-3-5-7-12;1-10-12(9-20-14-8-7-13(16)17-18-14)15(19-21-10)11-5-3-2-4-6-11;/h3-9H,10H2,1-2H3,(H,17,18);2-8H,9H2,1H3;1H. The summed E-state index contributed by atoms with van der Waals surface area (Å²) >= 11 is 2.10. The molecule has 4 aromatic heterocycles. The van der Waals surface area contributed by atoms with E-state index in [0.29, 0.717) is 30.8 Å². The molecule has 1 N–H and O–H groups in total. The van der Waals surface area contributed by atoms with Gasteiger partial charge in [0.15, 0.2) is 0 Å². The lowest BCUT2D eigenvalue weighted by Gasteiger charge is -2.06. The highest BCUT2D eigenvalue weighted by molar-refractivity contribution is 14.1. The van der Waals surface area contributed by atoms with E-state index in [1.807, 2.05) is 80.6 Å². The molecule has 0 fully saturated rings. The molecule has 0 saturated heterocycles. The Labute approximate surface area is 273 Å². The van der Waals surface area contributed by atoms with Crippen LogP contribution in [-0.4, -0.2) is 37.8 Å². The fourth-order valence-corrected chi connectivity index (χ4v) is 4.26. The van der Waals surface area contributed by atoms with Gasteiger partial charge in [-0.25, -0.2) is 0 Å². The molecule has 0 bridgehead atoms. The molecule has 2 aromatic carbocycles. The van der Waals surface area contributed by atoms with E-state index in [4.69, 9.17) is 18.5 Å². The van der Waals surface area contributed by atoms with Gasteiger partial charge in [0.05, 0.1) is 11.1 Å². The molecular formula is C31H29ClIN7O4. The Hall–Kier alpha value is -4.56. The number of halogens is 2. The van der Waals surface area contributed by atoms with Crippen molar-refractivity contribution in [3.8, 4) is 34.3 Å². The van der Waals surface area contributed by atoms with E-state index in [1.165, 1.54) is 0 Å². The Kier molecular flexibility index (Phi) is 11.6. The van der Waals surface area contributed by atoms with E-state index < -0.39 is 0 Å². The zero-order valence-corrected chi connectivity index (χ0v) is 27.1. The van der Waals surface area contributed by atoms with Gasteiger partial charge >= 0.3 is 0 Å². The van der Waals surface area contributed by atoms with Crippen molar-refractivity contribution >= 4 is 40.8 Å². The monoisotopic (exact) mass is 725 g/mol. The number of benzene rings is 2. The van der Waals surface area contributed by atoms with Gasteiger partial charge in [0.2, 0.25) is 11.8 Å². The molecule has 0 aliphatic carbocycles. The van der Waals surface area contributed by atoms with Crippen LogP contribution in [0.3, 0.4) is 0 Å². The Morgan fingerprint density at radius 3 is 1.52 bits per heavy atom. The summed E-state index contributed by atoms with van der Waals surface area (Å²) in [5.41, 5.74) is 5.41. The summed E-state index contributed by atoms with van der Waals surface area (Å²) < 4.78 is 22.8. The highest BCUT2D eigenvalue weighted by atomic mass is 127. The third kappa shape index (κ3) is 8.29. The summed E-state index contributed by atoms with van der Waals surface area (Å²) in [5.74, 6) is 3.11. The van der Waals surface area contributed by atoms with Crippen LogP contribution in [0, 0.1) is 17.5 Å². The van der Waals surface area contributed by atoms with E-state index in [1.54, 1.807) is 25.2 Å². The fourth-order valence-electron chi connectivity index (χ4n) is 3.97. The highest BCUT2D eigenvalue weighted by Crippen LogP contribution is 2.27. The summed E-state index contributed by atoms with van der Waals surface area (Å²) in [6, 6.07) is 27.0. The zero-order valence-electron chi connectivity index (χ0n) is 24.1. The molecule has 11 nitrogen and oxygen atoms in total. The predicted molar refractivity (Wildman–Crippen MR) is 176 cm³/mol. The maximum atomic E-state index is 5.69. The van der Waals surface area contributed by atoms with Crippen molar-refractivity contribution in [3.63, 3.8) is 0 Å². The molecule has 6 aromatic rings. The van der Waals surface area contributed by atoms with Crippen molar-refractivity contribution < 1.29 is 18.5 Å². The lowest BCUT2D eigenvalue weighted by Crippen LogP contribution is -2.01. The molecule has 0 atom stereocenters. The summed E-state index contributed by atoms with van der Waals surface area (Å²) in [6.45, 7) is 4.41. The van der Waals surface area contributed by atoms with Gasteiger partial charge in [0, 0.05) is 30.3 Å². The normalized spacial score (nSPS) is 10.3. The molecule has 13 heteroatoms. The number of nitrogens with one attached hydrogen (secondary N) is 1. The van der Waals surface area contributed by atoms with E-state index in [-0.39, 0.29) is 12.4 Å². The molecule has 0 aliphatic heterocycles. The van der Waals surface area contributed by atoms with Crippen molar-refractivity contribution in [2.24, 2.45) is 0 Å². The van der Waals surface area contributed by atoms with Crippen LogP contribution in [0.5, 0.6) is 11.8 Å². The van der Waals surface area contributed by atoms with Crippen LogP contribution < -0.4 is 14.8 Å². The Bertz CT molecular complexity index is 1730. The van der Waals surface area contributed by atoms with Gasteiger partial charge in [-0.1, -0.05) is 71.0 Å². The number of hydrogen-bond donors (Lipinski definition) is 1. The summed E-state index contributed by atoms with van der Waals surface area (Å²) in [5, 5.41) is 27.1. The van der Waals surface area contributed by atoms with Crippen LogP contribution in [-0.2, 0) is 13.2 Å². The zero-order chi connectivity index (χ0) is 30.0. The molecule has 44 heavy (non-hydrogen) atoms. The van der Waals surface area contributed by atoms with Gasteiger partial charge < -0.3 is 23.8 Å². The minimum Gasteiger partial charge on any atom is -0.472 e. The first kappa shape index (κ1) is 32.4. The number of hydrogen-bond acceptors (Lipinski definition) is 11. The van der Waals surface area contributed by atoms with Crippen molar-refractivity contribution in [1.29, 1.82) is 0 Å². The largest absolute Gasteiger partial charge is 0.472 e. The number of rotatable bonds is 9. The summed E-state index contributed by atoms with van der Waals surface area (Å²) in [4.78, 5) is 0. The molecule has 0 radical (unpaired) electrons. The molecule has 0 amide bonds. The van der Waals surface area contributed by atoms with Gasteiger partial charge in [-0.05, 0) is 48.6 Å². The smallest absolute Gasteiger partial charge is 0.233 e. The number of aromatic nitrogens is 6. The lowest BCUT2D eigenvalue weighted by atomic mass is 10.1. The quantitative estimate of drug-likeness (QED) is 0.153. The Morgan fingerprint density at radius 2 is 1.11 bits per heavy atom. The summed E-state index contributed by atoms with van der Waals surface area (Å²) in [6.07, 6.45) is 0. The van der Waals surface area contributed by atoms with Crippen LogP contribution >= 0.6 is 35.0 Å². The minimum atomic E-state index is 0. The van der Waals surface area contributed by atoms with Gasteiger partial charge in [0.25, 0.3) is 0 Å². The molecule has 6 rings (SSSR count). The average molecular weight is 726 g/mol. The topological polar surface area (TPSA) is 134 Å². The second-order valence-electron chi connectivity index (χ2n) is 9.14. The van der Waals surface area contributed by atoms with Crippen LogP contribution in [0.4, 0.5) is 5.82 Å². The third-order valence-corrected chi connectivity index (χ3v) is 6.87.